The second-order valence-electron chi connectivity index (χ2n) is 8.63. The molecule has 0 aliphatic carbocycles. The molecule has 0 bridgehead atoms. The van der Waals surface area contributed by atoms with Gasteiger partial charge in [-0.1, -0.05) is 24.3 Å². The average molecular weight is 459 g/mol. The van der Waals surface area contributed by atoms with Crippen LogP contribution in [0.3, 0.4) is 0 Å². The lowest BCUT2D eigenvalue weighted by Gasteiger charge is -2.36. The molecule has 1 saturated heterocycles. The lowest BCUT2D eigenvalue weighted by molar-refractivity contribution is 0.0600. The van der Waals surface area contributed by atoms with Crippen LogP contribution in [-0.2, 0) is 17.8 Å². The fourth-order valence-corrected chi connectivity index (χ4v) is 4.49. The molecule has 1 aliphatic heterocycles. The first-order valence-electron chi connectivity index (χ1n) is 11.4. The molecule has 1 fully saturated rings. The number of anilines is 1. The van der Waals surface area contributed by atoms with Gasteiger partial charge in [-0.25, -0.2) is 14.2 Å². The predicted molar refractivity (Wildman–Crippen MR) is 131 cm³/mol. The van der Waals surface area contributed by atoms with Gasteiger partial charge < -0.3 is 14.2 Å². The van der Waals surface area contributed by atoms with Gasteiger partial charge in [0, 0.05) is 50.9 Å². The third kappa shape index (κ3) is 4.79. The van der Waals surface area contributed by atoms with Crippen molar-refractivity contribution in [1.29, 1.82) is 0 Å². The molecule has 0 unspecified atom stereocenters. The molecule has 3 heterocycles. The van der Waals surface area contributed by atoms with Crippen LogP contribution in [0, 0.1) is 5.82 Å². The van der Waals surface area contributed by atoms with Crippen molar-refractivity contribution >= 4 is 22.7 Å². The fourth-order valence-electron chi connectivity index (χ4n) is 4.49. The molecule has 34 heavy (non-hydrogen) atoms. The highest BCUT2D eigenvalue weighted by Crippen LogP contribution is 2.23. The van der Waals surface area contributed by atoms with E-state index in [0.717, 1.165) is 60.6 Å². The predicted octanol–water partition coefficient (Wildman–Crippen LogP) is 4.33. The van der Waals surface area contributed by atoms with Crippen molar-refractivity contribution in [2.24, 2.45) is 0 Å². The quantitative estimate of drug-likeness (QED) is 0.403. The summed E-state index contributed by atoms with van der Waals surface area (Å²) in [5, 5.41) is 1.10. The summed E-state index contributed by atoms with van der Waals surface area (Å²) in [6, 6.07) is 18.6. The van der Waals surface area contributed by atoms with E-state index in [4.69, 9.17) is 9.72 Å². The Morgan fingerprint density at radius 1 is 0.971 bits per heavy atom. The molecular weight excluding hydrogens is 431 g/mol. The van der Waals surface area contributed by atoms with Crippen molar-refractivity contribution in [2.45, 2.75) is 13.1 Å². The van der Waals surface area contributed by atoms with E-state index in [9.17, 15) is 9.18 Å². The maximum absolute atomic E-state index is 13.5. The van der Waals surface area contributed by atoms with E-state index < -0.39 is 0 Å². The molecule has 174 valence electrons. The van der Waals surface area contributed by atoms with Gasteiger partial charge in [0.2, 0.25) is 0 Å². The minimum atomic E-state index is -0.332. The first-order valence-corrected chi connectivity index (χ1v) is 11.4. The molecule has 0 spiro atoms. The molecule has 4 aromatic rings. The van der Waals surface area contributed by atoms with E-state index in [1.165, 1.54) is 13.2 Å². The molecule has 5 rings (SSSR count). The second kappa shape index (κ2) is 9.65. The Labute approximate surface area is 198 Å². The van der Waals surface area contributed by atoms with Crippen LogP contribution in [0.5, 0.6) is 0 Å². The van der Waals surface area contributed by atoms with Crippen LogP contribution in [0.2, 0.25) is 0 Å². The molecule has 0 atom stereocenters. The van der Waals surface area contributed by atoms with Crippen LogP contribution in [0.1, 0.15) is 21.5 Å². The Bertz CT molecular complexity index is 1290. The lowest BCUT2D eigenvalue weighted by Crippen LogP contribution is -2.46. The number of esters is 1. The number of hydrogen-bond acceptors (Lipinski definition) is 5. The number of hydrogen-bond donors (Lipinski definition) is 0. The van der Waals surface area contributed by atoms with Gasteiger partial charge in [-0.05, 0) is 47.5 Å². The first-order chi connectivity index (χ1) is 16.6. The molecule has 6 nitrogen and oxygen atoms in total. The number of methoxy groups -OCH3 is 1. The van der Waals surface area contributed by atoms with Crippen LogP contribution in [0.4, 0.5) is 10.1 Å². The Kier molecular flexibility index (Phi) is 6.27. The average Bonchev–Trinajstić information content (AvgIpc) is 3.26. The standard InChI is InChI=1S/C27H27FN4O2/c1-34-27(33)22-7-5-20(6-8-22)19-32-10-9-23-16-25(17-29-26(23)32)31-13-11-30(12-14-31)18-21-3-2-4-24(28)15-21/h2-10,15-17H,11-14,18-19H2,1H3. The van der Waals surface area contributed by atoms with Crippen molar-refractivity contribution in [2.75, 3.05) is 38.2 Å². The third-order valence-corrected chi connectivity index (χ3v) is 6.35. The molecule has 0 saturated carbocycles. The summed E-state index contributed by atoms with van der Waals surface area (Å²) in [4.78, 5) is 21.1. The van der Waals surface area contributed by atoms with Crippen LogP contribution >= 0.6 is 0 Å². The highest BCUT2D eigenvalue weighted by molar-refractivity contribution is 5.89. The smallest absolute Gasteiger partial charge is 0.337 e. The van der Waals surface area contributed by atoms with E-state index in [2.05, 4.69) is 26.5 Å². The summed E-state index contributed by atoms with van der Waals surface area (Å²) in [5.74, 6) is -0.511. The number of fused-ring (bicyclic) bond motifs is 1. The molecule has 0 N–H and O–H groups in total. The Hall–Kier alpha value is -3.71. The molecule has 1 aliphatic rings. The van der Waals surface area contributed by atoms with E-state index >= 15 is 0 Å². The SMILES string of the molecule is COC(=O)c1ccc(Cn2ccc3cc(N4CCN(Cc5cccc(F)c5)CC4)cnc32)cc1. The summed E-state index contributed by atoms with van der Waals surface area (Å²) >= 11 is 0. The van der Waals surface area contributed by atoms with Crippen molar-refractivity contribution in [1.82, 2.24) is 14.5 Å². The number of rotatable bonds is 6. The second-order valence-corrected chi connectivity index (χ2v) is 8.63. The highest BCUT2D eigenvalue weighted by atomic mass is 19.1. The number of carbonyl (C=O) groups excluding carboxylic acids is 1. The van der Waals surface area contributed by atoms with Gasteiger partial charge in [0.05, 0.1) is 24.6 Å². The number of carbonyl (C=O) groups is 1. The van der Waals surface area contributed by atoms with E-state index in [1.54, 1.807) is 24.3 Å². The largest absolute Gasteiger partial charge is 0.465 e. The van der Waals surface area contributed by atoms with Gasteiger partial charge in [0.1, 0.15) is 11.5 Å². The summed E-state index contributed by atoms with van der Waals surface area (Å²) in [6.07, 6.45) is 3.99. The molecular formula is C27H27FN4O2. The summed E-state index contributed by atoms with van der Waals surface area (Å²) in [7, 11) is 1.38. The Morgan fingerprint density at radius 3 is 2.50 bits per heavy atom. The summed E-state index contributed by atoms with van der Waals surface area (Å²) in [5.41, 5.74) is 4.70. The van der Waals surface area contributed by atoms with Crippen LogP contribution in [-0.4, -0.2) is 53.7 Å². The maximum Gasteiger partial charge on any atom is 0.337 e. The minimum absolute atomic E-state index is 0.180. The van der Waals surface area contributed by atoms with Crippen LogP contribution in [0.15, 0.2) is 73.1 Å². The lowest BCUT2D eigenvalue weighted by atomic mass is 10.1. The first kappa shape index (κ1) is 22.1. The zero-order chi connectivity index (χ0) is 23.5. The van der Waals surface area contributed by atoms with Crippen LogP contribution in [0.25, 0.3) is 11.0 Å². The molecule has 2 aromatic heterocycles. The molecule has 7 heteroatoms. The van der Waals surface area contributed by atoms with E-state index in [1.807, 2.05) is 30.6 Å². The molecule has 0 radical (unpaired) electrons. The van der Waals surface area contributed by atoms with Crippen molar-refractivity contribution in [3.8, 4) is 0 Å². The summed E-state index contributed by atoms with van der Waals surface area (Å²) < 4.78 is 20.3. The zero-order valence-corrected chi connectivity index (χ0v) is 19.2. The topological polar surface area (TPSA) is 50.6 Å². The van der Waals surface area contributed by atoms with Crippen molar-refractivity contribution < 1.29 is 13.9 Å². The van der Waals surface area contributed by atoms with Gasteiger partial charge in [-0.3, -0.25) is 4.90 Å². The number of benzene rings is 2. The number of halogens is 1. The highest BCUT2D eigenvalue weighted by Gasteiger charge is 2.18. The van der Waals surface area contributed by atoms with Gasteiger partial charge in [-0.15, -0.1) is 0 Å². The maximum atomic E-state index is 13.5. The van der Waals surface area contributed by atoms with Gasteiger partial charge >= 0.3 is 5.97 Å². The van der Waals surface area contributed by atoms with Crippen molar-refractivity contribution in [3.05, 3.63) is 95.6 Å². The number of ether oxygens (including phenoxy) is 1. The van der Waals surface area contributed by atoms with E-state index in [0.29, 0.717) is 12.1 Å². The molecule has 0 amide bonds. The molecule has 2 aromatic carbocycles. The fraction of sp³-hybridized carbons (Fsp3) is 0.259. The van der Waals surface area contributed by atoms with Crippen LogP contribution < -0.4 is 4.90 Å². The van der Waals surface area contributed by atoms with Gasteiger partial charge in [-0.2, -0.15) is 0 Å². The number of pyridine rings is 1. The minimum Gasteiger partial charge on any atom is -0.465 e. The Balaban J connectivity index is 1.23. The third-order valence-electron chi connectivity index (χ3n) is 6.35. The van der Waals surface area contributed by atoms with Gasteiger partial charge in [0.15, 0.2) is 0 Å². The normalized spacial score (nSPS) is 14.5. The Morgan fingerprint density at radius 2 is 1.76 bits per heavy atom. The number of nitrogens with zero attached hydrogens (tertiary/aromatic N) is 4. The van der Waals surface area contributed by atoms with Crippen molar-refractivity contribution in [3.63, 3.8) is 0 Å². The zero-order valence-electron chi connectivity index (χ0n) is 19.2. The van der Waals surface area contributed by atoms with Gasteiger partial charge in [0.25, 0.3) is 0 Å². The monoisotopic (exact) mass is 458 g/mol. The summed E-state index contributed by atoms with van der Waals surface area (Å²) in [6.45, 7) is 5.13. The number of piperazine rings is 1. The number of aromatic nitrogens is 2. The van der Waals surface area contributed by atoms with E-state index in [-0.39, 0.29) is 11.8 Å².